The molecule has 6 nitrogen and oxygen atoms in total. The summed E-state index contributed by atoms with van der Waals surface area (Å²) in [5.41, 5.74) is 1.69. The lowest BCUT2D eigenvalue weighted by atomic mass is 10.2. The summed E-state index contributed by atoms with van der Waals surface area (Å²) in [7, 11) is 1.55. The number of nitrogens with zero attached hydrogens (tertiary/aromatic N) is 4. The maximum atomic E-state index is 12.8. The van der Waals surface area contributed by atoms with Crippen LogP contribution >= 0.6 is 11.3 Å². The van der Waals surface area contributed by atoms with Crippen molar-refractivity contribution in [2.75, 3.05) is 7.11 Å². The van der Waals surface area contributed by atoms with Crippen molar-refractivity contribution < 1.29 is 4.74 Å². The molecule has 114 valence electrons. The Kier molecular flexibility index (Phi) is 3.09. The van der Waals surface area contributed by atoms with E-state index in [0.29, 0.717) is 15.4 Å². The summed E-state index contributed by atoms with van der Waals surface area (Å²) in [6, 6.07) is 7.66. The summed E-state index contributed by atoms with van der Waals surface area (Å²) >= 11 is 1.33. The maximum Gasteiger partial charge on any atom is 0.289 e. The third kappa shape index (κ3) is 2.08. The minimum Gasteiger partial charge on any atom is -0.480 e. The molecular formula is C16H12N4O2S. The van der Waals surface area contributed by atoms with Crippen molar-refractivity contribution in [2.24, 2.45) is 0 Å². The maximum absolute atomic E-state index is 12.8. The predicted molar refractivity (Wildman–Crippen MR) is 89.6 cm³/mol. The molecule has 7 heteroatoms. The van der Waals surface area contributed by atoms with Crippen LogP contribution in [-0.2, 0) is 0 Å². The van der Waals surface area contributed by atoms with Gasteiger partial charge in [0, 0.05) is 5.39 Å². The number of ether oxygens (including phenoxy) is 1. The lowest BCUT2D eigenvalue weighted by Gasteiger charge is -2.04. The van der Waals surface area contributed by atoms with Gasteiger partial charge >= 0.3 is 0 Å². The van der Waals surface area contributed by atoms with E-state index in [0.717, 1.165) is 22.0 Å². The molecule has 3 heterocycles. The van der Waals surface area contributed by atoms with Crippen LogP contribution in [0.4, 0.5) is 0 Å². The Morgan fingerprint density at radius 3 is 2.70 bits per heavy atom. The first-order chi connectivity index (χ1) is 11.2. The molecule has 23 heavy (non-hydrogen) atoms. The van der Waals surface area contributed by atoms with E-state index in [1.54, 1.807) is 13.3 Å². The van der Waals surface area contributed by atoms with E-state index >= 15 is 0 Å². The minimum absolute atomic E-state index is 0.170. The normalized spacial score (nSPS) is 11.2. The van der Waals surface area contributed by atoms with Crippen LogP contribution in [0, 0.1) is 6.92 Å². The third-order valence-electron chi connectivity index (χ3n) is 3.65. The van der Waals surface area contributed by atoms with Gasteiger partial charge in [0.1, 0.15) is 15.9 Å². The van der Waals surface area contributed by atoms with Gasteiger partial charge in [0.15, 0.2) is 0 Å². The molecule has 0 aliphatic rings. The van der Waals surface area contributed by atoms with Gasteiger partial charge in [-0.1, -0.05) is 17.7 Å². The van der Waals surface area contributed by atoms with Crippen molar-refractivity contribution in [1.82, 2.24) is 19.7 Å². The molecule has 0 bridgehead atoms. The first-order valence-corrected chi connectivity index (χ1v) is 7.77. The standard InChI is InChI=1S/C16H12N4O2S/c1-9-3-5-10(6-4-9)20-16(21)13-11(7-19-20)12-14(22-2)17-8-18-15(12)23-13/h3-8H,1-2H3. The van der Waals surface area contributed by atoms with Gasteiger partial charge in [-0.3, -0.25) is 4.79 Å². The van der Waals surface area contributed by atoms with Crippen molar-refractivity contribution in [3.8, 4) is 11.6 Å². The monoisotopic (exact) mass is 324 g/mol. The summed E-state index contributed by atoms with van der Waals surface area (Å²) < 4.78 is 7.27. The Morgan fingerprint density at radius 1 is 1.17 bits per heavy atom. The molecular weight excluding hydrogens is 312 g/mol. The van der Waals surface area contributed by atoms with Gasteiger partial charge in [0.05, 0.1) is 24.4 Å². The molecule has 3 aromatic heterocycles. The topological polar surface area (TPSA) is 69.9 Å². The molecule has 0 fully saturated rings. The van der Waals surface area contributed by atoms with E-state index in [9.17, 15) is 4.79 Å². The lowest BCUT2D eigenvalue weighted by molar-refractivity contribution is 0.403. The first kappa shape index (κ1) is 13.8. The second-order valence-electron chi connectivity index (χ2n) is 5.11. The second kappa shape index (κ2) is 5.13. The van der Waals surface area contributed by atoms with Crippen LogP contribution in [0.1, 0.15) is 5.56 Å². The van der Waals surface area contributed by atoms with Crippen LogP contribution in [-0.4, -0.2) is 26.9 Å². The molecule has 1 aromatic carbocycles. The molecule has 0 amide bonds. The number of hydrogen-bond donors (Lipinski definition) is 0. The molecule has 0 saturated heterocycles. The van der Waals surface area contributed by atoms with Crippen molar-refractivity contribution in [2.45, 2.75) is 6.92 Å². The molecule has 0 unspecified atom stereocenters. The lowest BCUT2D eigenvalue weighted by Crippen LogP contribution is -2.19. The van der Waals surface area contributed by atoms with Crippen LogP contribution in [0.2, 0.25) is 0 Å². The number of aromatic nitrogens is 4. The van der Waals surface area contributed by atoms with E-state index in [2.05, 4.69) is 15.1 Å². The van der Waals surface area contributed by atoms with Crippen molar-refractivity contribution in [3.63, 3.8) is 0 Å². The Morgan fingerprint density at radius 2 is 1.96 bits per heavy atom. The predicted octanol–water partition coefficient (Wildman–Crippen LogP) is 2.71. The summed E-state index contributed by atoms with van der Waals surface area (Å²) in [4.78, 5) is 21.9. The second-order valence-corrected chi connectivity index (χ2v) is 6.10. The largest absolute Gasteiger partial charge is 0.480 e. The van der Waals surface area contributed by atoms with Crippen molar-refractivity contribution >= 4 is 31.6 Å². The van der Waals surface area contributed by atoms with Gasteiger partial charge in [-0.05, 0) is 19.1 Å². The fourth-order valence-corrected chi connectivity index (χ4v) is 3.53. The van der Waals surface area contributed by atoms with Crippen LogP contribution in [0.15, 0.2) is 41.6 Å². The minimum atomic E-state index is -0.170. The van der Waals surface area contributed by atoms with Crippen LogP contribution in [0.5, 0.6) is 5.88 Å². The molecule has 0 atom stereocenters. The van der Waals surface area contributed by atoms with Crippen molar-refractivity contribution in [3.05, 3.63) is 52.7 Å². The van der Waals surface area contributed by atoms with Crippen molar-refractivity contribution in [1.29, 1.82) is 0 Å². The van der Waals surface area contributed by atoms with Crippen LogP contribution < -0.4 is 10.3 Å². The number of benzene rings is 1. The smallest absolute Gasteiger partial charge is 0.289 e. The number of rotatable bonds is 2. The summed E-state index contributed by atoms with van der Waals surface area (Å²) in [5.74, 6) is 0.454. The van der Waals surface area contributed by atoms with Gasteiger partial charge in [0.2, 0.25) is 5.88 Å². The number of thiophene rings is 1. The molecule has 0 spiro atoms. The molecule has 0 aliphatic carbocycles. The van der Waals surface area contributed by atoms with Gasteiger partial charge in [-0.2, -0.15) is 9.78 Å². The Bertz CT molecular complexity index is 1080. The number of aryl methyl sites for hydroxylation is 1. The average Bonchev–Trinajstić information content (AvgIpc) is 2.96. The molecule has 0 aliphatic heterocycles. The van der Waals surface area contributed by atoms with Gasteiger partial charge < -0.3 is 4.74 Å². The van der Waals surface area contributed by atoms with Gasteiger partial charge in [-0.25, -0.2) is 9.97 Å². The molecule has 0 N–H and O–H groups in total. The SMILES string of the molecule is COc1ncnc2sc3c(=O)n(-c4ccc(C)cc4)ncc3c12. The Hall–Kier alpha value is -2.80. The Labute approximate surface area is 135 Å². The zero-order chi connectivity index (χ0) is 16.0. The van der Waals surface area contributed by atoms with Crippen LogP contribution in [0.3, 0.4) is 0 Å². The van der Waals surface area contributed by atoms with Gasteiger partial charge in [0.25, 0.3) is 5.56 Å². The Balaban J connectivity index is 2.04. The summed E-state index contributed by atoms with van der Waals surface area (Å²) in [6.07, 6.45) is 3.10. The highest BCUT2D eigenvalue weighted by Gasteiger charge is 2.16. The molecule has 0 saturated carbocycles. The highest BCUT2D eigenvalue weighted by atomic mass is 32.1. The fourth-order valence-electron chi connectivity index (χ4n) is 2.50. The van der Waals surface area contributed by atoms with E-state index in [1.165, 1.54) is 22.3 Å². The van der Waals surface area contributed by atoms with E-state index in [-0.39, 0.29) is 5.56 Å². The first-order valence-electron chi connectivity index (χ1n) is 6.95. The van der Waals surface area contributed by atoms with E-state index < -0.39 is 0 Å². The summed E-state index contributed by atoms with van der Waals surface area (Å²) in [6.45, 7) is 2.00. The molecule has 4 aromatic rings. The molecule has 0 radical (unpaired) electrons. The van der Waals surface area contributed by atoms with Crippen LogP contribution in [0.25, 0.3) is 26.0 Å². The quantitative estimate of drug-likeness (QED) is 0.567. The average molecular weight is 324 g/mol. The fraction of sp³-hybridized carbons (Fsp3) is 0.125. The third-order valence-corrected chi connectivity index (χ3v) is 4.75. The highest BCUT2D eigenvalue weighted by molar-refractivity contribution is 7.25. The van der Waals surface area contributed by atoms with E-state index in [1.807, 2.05) is 31.2 Å². The highest BCUT2D eigenvalue weighted by Crippen LogP contribution is 2.34. The zero-order valence-electron chi connectivity index (χ0n) is 12.5. The van der Waals surface area contributed by atoms with E-state index in [4.69, 9.17) is 4.74 Å². The van der Waals surface area contributed by atoms with Gasteiger partial charge in [-0.15, -0.1) is 11.3 Å². The molecule has 4 rings (SSSR count). The number of fused-ring (bicyclic) bond motifs is 3. The number of methoxy groups -OCH3 is 1. The summed E-state index contributed by atoms with van der Waals surface area (Å²) in [5, 5.41) is 5.75. The zero-order valence-corrected chi connectivity index (χ0v) is 13.3. The number of hydrogen-bond acceptors (Lipinski definition) is 6.